The molecule has 0 aliphatic heterocycles. The van der Waals surface area contributed by atoms with Gasteiger partial charge in [0, 0.05) is 77.7 Å². The average Bonchev–Trinajstić information content (AvgIpc) is 1.27. The zero-order valence-electron chi connectivity index (χ0n) is 50.2. The minimum Gasteiger partial charge on any atom is -0.507 e. The second-order valence-electron chi connectivity index (χ2n) is 20.8. The van der Waals surface area contributed by atoms with Gasteiger partial charge in [0.2, 0.25) is 0 Å². The number of carbonyl (C=O) groups excluding carboxylic acids is 2. The number of rotatable bonds is 16. The molecule has 22 nitrogen and oxygen atoms in total. The van der Waals surface area contributed by atoms with Gasteiger partial charge < -0.3 is 28.9 Å². The first-order chi connectivity index (χ1) is 43.5. The van der Waals surface area contributed by atoms with Crippen LogP contribution >= 0.6 is 11.6 Å². The highest BCUT2D eigenvalue weighted by atomic mass is 35.5. The summed E-state index contributed by atoms with van der Waals surface area (Å²) in [5, 5.41) is 44.1. The number of phenols is 1. The van der Waals surface area contributed by atoms with Crippen LogP contribution in [0.4, 0.5) is 13.2 Å². The SMILES string of the molecule is C.C.C.C.C.CC(C)n1ncc(F)c1-c1ncccc1CCl.CC(C)n1ncc(F)c1-c1ncccc1CO.CC(C)n1ncc(F)c1-c1ncccc1COc1ccc2ncoc2c1C=O.CC(C)n1nccc1-c1ncccc1CO.O=Cc1c(O)ccc2ncoc12. The van der Waals surface area contributed by atoms with Crippen molar-refractivity contribution in [2.75, 3.05) is 0 Å². The molecule has 10 heterocycles. The highest BCUT2D eigenvalue weighted by Crippen LogP contribution is 2.33. The molecule has 95 heavy (non-hydrogen) atoms. The van der Waals surface area contributed by atoms with E-state index in [0.29, 0.717) is 91.7 Å². The number of halogens is 4. The monoisotopic (exact) mass is 1330 g/mol. The number of pyridine rings is 4. The van der Waals surface area contributed by atoms with E-state index in [4.69, 9.17) is 25.2 Å². The largest absolute Gasteiger partial charge is 0.507 e. The lowest BCUT2D eigenvalue weighted by Crippen LogP contribution is -2.08. The van der Waals surface area contributed by atoms with Gasteiger partial charge in [-0.1, -0.05) is 61.4 Å². The predicted molar refractivity (Wildman–Crippen MR) is 363 cm³/mol. The van der Waals surface area contributed by atoms with E-state index in [9.17, 15) is 38.1 Å². The molecule has 26 heteroatoms. The van der Waals surface area contributed by atoms with E-state index in [0.717, 1.165) is 22.5 Å². The predicted octanol–water partition coefficient (Wildman–Crippen LogP) is 16.3. The van der Waals surface area contributed by atoms with Crippen LogP contribution in [0.25, 0.3) is 67.8 Å². The summed E-state index contributed by atoms with van der Waals surface area (Å²) in [5.41, 5.74) is 9.34. The second kappa shape index (κ2) is 36.9. The first kappa shape index (κ1) is 79.0. The van der Waals surface area contributed by atoms with Crippen molar-refractivity contribution >= 4 is 46.4 Å². The number of hydrogen-bond acceptors (Lipinski definition) is 18. The summed E-state index contributed by atoms with van der Waals surface area (Å²) in [6.07, 6.45) is 15.6. The van der Waals surface area contributed by atoms with E-state index >= 15 is 0 Å². The Morgan fingerprint density at radius 3 is 1.31 bits per heavy atom. The molecule has 3 N–H and O–H groups in total. The number of ether oxygens (including phenoxy) is 1. The van der Waals surface area contributed by atoms with Gasteiger partial charge in [-0.05, 0) is 116 Å². The number of aliphatic hydroxyl groups is 2. The van der Waals surface area contributed by atoms with E-state index in [-0.39, 0.29) is 104 Å². The molecule has 0 spiro atoms. The smallest absolute Gasteiger partial charge is 0.182 e. The first-order valence-electron chi connectivity index (χ1n) is 28.2. The Labute approximate surface area is 556 Å². The lowest BCUT2D eigenvalue weighted by atomic mass is 10.1. The van der Waals surface area contributed by atoms with Gasteiger partial charge >= 0.3 is 0 Å². The lowest BCUT2D eigenvalue weighted by Gasteiger charge is -2.14. The number of oxazole rings is 2. The number of nitrogens with zero attached hydrogens (tertiary/aromatic N) is 14. The first-order valence-corrected chi connectivity index (χ1v) is 28.7. The molecule has 0 aliphatic carbocycles. The van der Waals surface area contributed by atoms with Crippen LogP contribution < -0.4 is 4.74 Å². The summed E-state index contributed by atoms with van der Waals surface area (Å²) in [6.45, 7) is 15.6. The van der Waals surface area contributed by atoms with Gasteiger partial charge in [-0.3, -0.25) is 48.3 Å². The van der Waals surface area contributed by atoms with Crippen LogP contribution in [0, 0.1) is 17.5 Å². The zero-order valence-corrected chi connectivity index (χ0v) is 51.0. The number of benzene rings is 2. The number of alkyl halides is 1. The molecule has 0 fully saturated rings. The molecule has 0 amide bonds. The molecule has 0 unspecified atom stereocenters. The van der Waals surface area contributed by atoms with E-state index in [1.54, 1.807) is 93.6 Å². The zero-order chi connectivity index (χ0) is 64.6. The lowest BCUT2D eigenvalue weighted by molar-refractivity contribution is 0.111. The second-order valence-corrected chi connectivity index (χ2v) is 21.1. The van der Waals surface area contributed by atoms with Crippen LogP contribution in [0.5, 0.6) is 11.5 Å². The number of aromatic hydroxyl groups is 1. The number of fused-ring (bicyclic) bond motifs is 2. The summed E-state index contributed by atoms with van der Waals surface area (Å²) in [6, 6.07) is 22.9. The van der Waals surface area contributed by atoms with Crippen molar-refractivity contribution in [3.05, 3.63) is 192 Å². The molecule has 12 rings (SSSR count). The number of aldehydes is 2. The summed E-state index contributed by atoms with van der Waals surface area (Å²) in [5.74, 6) is -0.686. The quantitative estimate of drug-likeness (QED) is 0.0599. The van der Waals surface area contributed by atoms with Crippen molar-refractivity contribution < 1.29 is 51.7 Å². The Hall–Kier alpha value is -10.2. The van der Waals surface area contributed by atoms with E-state index in [2.05, 4.69) is 64.1 Å². The summed E-state index contributed by atoms with van der Waals surface area (Å²) < 4.78 is 64.7. The van der Waals surface area contributed by atoms with Crippen LogP contribution in [0.2, 0.25) is 0 Å². The van der Waals surface area contributed by atoms with Gasteiger partial charge in [-0.25, -0.2) is 23.1 Å². The Kier molecular flexibility index (Phi) is 30.6. The maximum atomic E-state index is 14.4. The molecule has 0 saturated heterocycles. The Morgan fingerprint density at radius 1 is 0.484 bits per heavy atom. The third-order valence-corrected chi connectivity index (χ3v) is 13.8. The average molecular weight is 1330 g/mol. The molecule has 10 aromatic heterocycles. The van der Waals surface area contributed by atoms with Crippen molar-refractivity contribution in [2.45, 2.75) is 142 Å². The molecular formula is C69H84ClF3N14O8. The van der Waals surface area contributed by atoms with Crippen molar-refractivity contribution in [3.8, 4) is 57.1 Å². The van der Waals surface area contributed by atoms with Gasteiger partial charge in [-0.15, -0.1) is 11.6 Å². The maximum Gasteiger partial charge on any atom is 0.182 e. The third-order valence-electron chi connectivity index (χ3n) is 13.5. The molecule has 2 aromatic carbocycles. The number of hydrogen-bond donors (Lipinski definition) is 3. The summed E-state index contributed by atoms with van der Waals surface area (Å²) in [7, 11) is 0. The van der Waals surface area contributed by atoms with Crippen LogP contribution in [-0.4, -0.2) is 96.9 Å². The Bertz CT molecular complexity index is 4250. The molecule has 0 aliphatic rings. The van der Waals surface area contributed by atoms with Crippen molar-refractivity contribution in [2.24, 2.45) is 0 Å². The summed E-state index contributed by atoms with van der Waals surface area (Å²) >= 11 is 5.84. The fourth-order valence-electron chi connectivity index (χ4n) is 9.26. The minimum absolute atomic E-state index is 0. The van der Waals surface area contributed by atoms with Crippen LogP contribution in [0.15, 0.2) is 150 Å². The molecule has 12 aromatic rings. The highest BCUT2D eigenvalue weighted by molar-refractivity contribution is 6.17. The van der Waals surface area contributed by atoms with E-state index in [1.807, 2.05) is 70.5 Å². The fraction of sp³-hybridized carbons (Fsp3) is 0.304. The number of aromatic nitrogens is 14. The third kappa shape index (κ3) is 18.1. The van der Waals surface area contributed by atoms with Gasteiger partial charge in [0.1, 0.15) is 57.3 Å². The van der Waals surface area contributed by atoms with Gasteiger partial charge in [0.25, 0.3) is 0 Å². The fourth-order valence-corrected chi connectivity index (χ4v) is 9.47. The van der Waals surface area contributed by atoms with Crippen LogP contribution in [-0.2, 0) is 25.7 Å². The van der Waals surface area contributed by atoms with Gasteiger partial charge in [0.15, 0.2) is 54.0 Å². The Balaban J connectivity index is 0.000000314. The molecule has 0 atom stereocenters. The van der Waals surface area contributed by atoms with Crippen LogP contribution in [0.1, 0.15) is 160 Å². The topological polar surface area (TPSA) is 279 Å². The minimum atomic E-state index is -0.453. The van der Waals surface area contributed by atoms with Crippen LogP contribution in [0.3, 0.4) is 0 Å². The van der Waals surface area contributed by atoms with E-state index in [1.165, 1.54) is 37.4 Å². The van der Waals surface area contributed by atoms with E-state index < -0.39 is 11.6 Å². The number of aliphatic hydroxyl groups excluding tert-OH is 2. The van der Waals surface area contributed by atoms with Crippen molar-refractivity contribution in [1.29, 1.82) is 0 Å². The molecular weight excluding hydrogens is 1250 g/mol. The molecule has 0 radical (unpaired) electrons. The molecule has 0 saturated carbocycles. The molecule has 0 bridgehead atoms. The standard InChI is InChI=1S/C20H17FN4O3.C12H13ClFN3.C12H14FN3O.C12H15N3O.C8H5NO3.5CH4/c1-12(2)25-19(15(21)8-24-25)18-13(4-3-7-22-18)10-27-17-6-5-16-20(14(17)9-26)28-11-23-16;1-8(2)17-12(10(14)7-16-17)11-9(6-13)4-3-5-15-11;1-8(2)16-12(10(13)6-15-16)11-9(7-17)4-3-5-14-11;1-9(2)15-11(5-7-14-15)12-10(8-16)4-3-6-13-12;10-3-5-7(11)2-1-6-8(5)12-4-9-6;;;;;/h3-9,11-12H,10H2,1-2H3;3-5,7-8H,6H2,1-2H3;3-6,8,17H,7H2,1-2H3;3-7,9,16H,8H2,1-2H3;1-4,11H;5*1H4. The normalized spacial score (nSPS) is 10.5. The number of phenolic OH excluding ortho intramolecular Hbond substituents is 1. The molecule has 506 valence electrons. The van der Waals surface area contributed by atoms with Gasteiger partial charge in [-0.2, -0.15) is 20.4 Å². The van der Waals surface area contributed by atoms with Crippen molar-refractivity contribution in [3.63, 3.8) is 0 Å². The maximum absolute atomic E-state index is 14.4. The Morgan fingerprint density at radius 2 is 0.874 bits per heavy atom. The van der Waals surface area contributed by atoms with Gasteiger partial charge in [0.05, 0.1) is 60.3 Å². The number of carbonyl (C=O) groups is 2. The summed E-state index contributed by atoms with van der Waals surface area (Å²) in [4.78, 5) is 46.9. The van der Waals surface area contributed by atoms with Crippen molar-refractivity contribution in [1.82, 2.24) is 69.0 Å². The highest BCUT2D eigenvalue weighted by Gasteiger charge is 2.23.